The Morgan fingerprint density at radius 1 is 1.50 bits per heavy atom. The highest BCUT2D eigenvalue weighted by molar-refractivity contribution is 5.72. The summed E-state index contributed by atoms with van der Waals surface area (Å²) in [5, 5.41) is 3.49. The summed E-state index contributed by atoms with van der Waals surface area (Å²) in [4.78, 5) is 12.7. The summed E-state index contributed by atoms with van der Waals surface area (Å²) in [7, 11) is 0. The molecule has 4 heteroatoms. The minimum atomic E-state index is -0.301. The number of carbonyl (C=O) groups is 1. The van der Waals surface area contributed by atoms with Gasteiger partial charge in [0.2, 0.25) is 0 Å². The zero-order valence-corrected chi connectivity index (χ0v) is 9.34. The molecular weight excluding hydrogens is 178 g/mol. The third-order valence-corrected chi connectivity index (χ3v) is 2.37. The van der Waals surface area contributed by atoms with Crippen LogP contribution in [0.25, 0.3) is 0 Å². The molecule has 1 heterocycles. The van der Waals surface area contributed by atoms with E-state index in [9.17, 15) is 4.79 Å². The van der Waals surface area contributed by atoms with Crippen LogP contribution in [0.3, 0.4) is 0 Å². The second-order valence-corrected chi connectivity index (χ2v) is 5.02. The lowest BCUT2D eigenvalue weighted by atomic mass is 10.0. The highest BCUT2D eigenvalue weighted by atomic mass is 16.2. The number of nitrogens with zero attached hydrogens (tertiary/aromatic N) is 1. The smallest absolute Gasteiger partial charge is 0.314 e. The van der Waals surface area contributed by atoms with Crippen LogP contribution >= 0.6 is 0 Å². The molecule has 1 aliphatic rings. The van der Waals surface area contributed by atoms with Crippen molar-refractivity contribution in [1.82, 2.24) is 10.2 Å². The van der Waals surface area contributed by atoms with Crippen LogP contribution in [0, 0.1) is 0 Å². The molecule has 0 aromatic carbocycles. The SMILES string of the molecule is CC(C)(C)NC1CCCN(C(N)=O)C1. The summed E-state index contributed by atoms with van der Waals surface area (Å²) in [5.74, 6) is 0. The topological polar surface area (TPSA) is 58.4 Å². The lowest BCUT2D eigenvalue weighted by molar-refractivity contribution is 0.172. The Morgan fingerprint density at radius 3 is 2.64 bits per heavy atom. The average molecular weight is 199 g/mol. The average Bonchev–Trinajstić information content (AvgIpc) is 2.01. The molecule has 1 aliphatic heterocycles. The number of nitrogens with two attached hydrogens (primary N) is 1. The largest absolute Gasteiger partial charge is 0.351 e. The van der Waals surface area contributed by atoms with Crippen LogP contribution in [0.1, 0.15) is 33.6 Å². The van der Waals surface area contributed by atoms with Crippen LogP contribution in [0.5, 0.6) is 0 Å². The molecule has 0 aliphatic carbocycles. The summed E-state index contributed by atoms with van der Waals surface area (Å²) < 4.78 is 0. The molecule has 1 fully saturated rings. The van der Waals surface area contributed by atoms with Gasteiger partial charge in [-0.1, -0.05) is 0 Å². The minimum absolute atomic E-state index is 0.103. The van der Waals surface area contributed by atoms with Gasteiger partial charge in [0.05, 0.1) is 0 Å². The van der Waals surface area contributed by atoms with Gasteiger partial charge < -0.3 is 16.0 Å². The van der Waals surface area contributed by atoms with Crippen molar-refractivity contribution in [2.75, 3.05) is 13.1 Å². The zero-order chi connectivity index (χ0) is 10.8. The molecule has 1 atom stereocenters. The van der Waals surface area contributed by atoms with Gasteiger partial charge in [-0.2, -0.15) is 0 Å². The van der Waals surface area contributed by atoms with E-state index >= 15 is 0 Å². The number of rotatable bonds is 1. The molecule has 0 radical (unpaired) electrons. The molecule has 0 aromatic heterocycles. The van der Waals surface area contributed by atoms with Crippen LogP contribution < -0.4 is 11.1 Å². The van der Waals surface area contributed by atoms with E-state index in [4.69, 9.17) is 5.73 Å². The normalized spacial score (nSPS) is 23.6. The maximum atomic E-state index is 11.0. The first-order chi connectivity index (χ1) is 6.38. The number of likely N-dealkylation sites (tertiary alicyclic amines) is 1. The van der Waals surface area contributed by atoms with Crippen molar-refractivity contribution in [2.45, 2.75) is 45.2 Å². The number of hydrogen-bond acceptors (Lipinski definition) is 2. The highest BCUT2D eigenvalue weighted by Crippen LogP contribution is 2.12. The predicted octanol–water partition coefficient (Wildman–Crippen LogP) is 0.918. The monoisotopic (exact) mass is 199 g/mol. The zero-order valence-electron chi connectivity index (χ0n) is 9.34. The Kier molecular flexibility index (Phi) is 3.37. The van der Waals surface area contributed by atoms with Crippen molar-refractivity contribution in [3.8, 4) is 0 Å². The van der Waals surface area contributed by atoms with E-state index in [1.165, 1.54) is 0 Å². The molecule has 0 aromatic rings. The number of urea groups is 1. The van der Waals surface area contributed by atoms with Crippen molar-refractivity contribution in [3.05, 3.63) is 0 Å². The second-order valence-electron chi connectivity index (χ2n) is 5.02. The summed E-state index contributed by atoms with van der Waals surface area (Å²) in [5.41, 5.74) is 5.35. The van der Waals surface area contributed by atoms with Crippen LogP contribution in [0.4, 0.5) is 4.79 Å². The fourth-order valence-electron chi connectivity index (χ4n) is 1.91. The van der Waals surface area contributed by atoms with Crippen LogP contribution in [-0.4, -0.2) is 35.6 Å². The standard InChI is InChI=1S/C10H21N3O/c1-10(2,3)12-8-5-4-6-13(7-8)9(11)14/h8,12H,4-7H2,1-3H3,(H2,11,14). The van der Waals surface area contributed by atoms with Gasteiger partial charge in [0.15, 0.2) is 0 Å². The Bertz CT molecular complexity index is 210. The summed E-state index contributed by atoms with van der Waals surface area (Å²) in [6.45, 7) is 7.95. The molecular formula is C10H21N3O. The summed E-state index contributed by atoms with van der Waals surface area (Å²) in [6.07, 6.45) is 2.16. The Labute approximate surface area is 85.8 Å². The molecule has 82 valence electrons. The number of carbonyl (C=O) groups excluding carboxylic acids is 1. The molecule has 0 saturated carbocycles. The maximum Gasteiger partial charge on any atom is 0.314 e. The van der Waals surface area contributed by atoms with Gasteiger partial charge in [0.25, 0.3) is 0 Å². The van der Waals surface area contributed by atoms with Crippen LogP contribution in [-0.2, 0) is 0 Å². The van der Waals surface area contributed by atoms with E-state index in [0.717, 1.165) is 25.9 Å². The second kappa shape index (κ2) is 4.17. The van der Waals surface area contributed by atoms with Crippen molar-refractivity contribution in [2.24, 2.45) is 5.73 Å². The van der Waals surface area contributed by atoms with E-state index in [-0.39, 0.29) is 11.6 Å². The van der Waals surface area contributed by atoms with Gasteiger partial charge in [-0.3, -0.25) is 0 Å². The van der Waals surface area contributed by atoms with Gasteiger partial charge in [0, 0.05) is 24.7 Å². The minimum Gasteiger partial charge on any atom is -0.351 e. The number of piperidine rings is 1. The summed E-state index contributed by atoms with van der Waals surface area (Å²) >= 11 is 0. The lowest BCUT2D eigenvalue weighted by Crippen LogP contribution is -2.54. The number of primary amides is 1. The van der Waals surface area contributed by atoms with Gasteiger partial charge >= 0.3 is 6.03 Å². The predicted molar refractivity (Wildman–Crippen MR) is 57.1 cm³/mol. The molecule has 3 N–H and O–H groups in total. The maximum absolute atomic E-state index is 11.0. The van der Waals surface area contributed by atoms with Gasteiger partial charge in [-0.25, -0.2) is 4.79 Å². The van der Waals surface area contributed by atoms with Crippen LogP contribution in [0.2, 0.25) is 0 Å². The molecule has 0 spiro atoms. The van der Waals surface area contributed by atoms with Crippen molar-refractivity contribution in [1.29, 1.82) is 0 Å². The first-order valence-corrected chi connectivity index (χ1v) is 5.20. The van der Waals surface area contributed by atoms with E-state index in [0.29, 0.717) is 6.04 Å². The molecule has 14 heavy (non-hydrogen) atoms. The molecule has 1 unspecified atom stereocenters. The van der Waals surface area contributed by atoms with E-state index < -0.39 is 0 Å². The fourth-order valence-corrected chi connectivity index (χ4v) is 1.91. The number of hydrogen-bond donors (Lipinski definition) is 2. The van der Waals surface area contributed by atoms with Gasteiger partial charge in [0.1, 0.15) is 0 Å². The van der Waals surface area contributed by atoms with Gasteiger partial charge in [-0.05, 0) is 33.6 Å². The Hall–Kier alpha value is -0.770. The Morgan fingerprint density at radius 2 is 2.14 bits per heavy atom. The van der Waals surface area contributed by atoms with E-state index in [1.54, 1.807) is 4.90 Å². The first kappa shape index (κ1) is 11.3. The number of amides is 2. The quantitative estimate of drug-likeness (QED) is 0.659. The van der Waals surface area contributed by atoms with E-state index in [2.05, 4.69) is 26.1 Å². The molecule has 2 amide bonds. The van der Waals surface area contributed by atoms with Crippen molar-refractivity contribution in [3.63, 3.8) is 0 Å². The Balaban J connectivity index is 2.44. The van der Waals surface area contributed by atoms with Crippen LogP contribution in [0.15, 0.2) is 0 Å². The van der Waals surface area contributed by atoms with Gasteiger partial charge in [-0.15, -0.1) is 0 Å². The first-order valence-electron chi connectivity index (χ1n) is 5.20. The van der Waals surface area contributed by atoms with Crippen molar-refractivity contribution < 1.29 is 4.79 Å². The van der Waals surface area contributed by atoms with Crippen molar-refractivity contribution >= 4 is 6.03 Å². The third kappa shape index (κ3) is 3.54. The molecule has 1 saturated heterocycles. The lowest BCUT2D eigenvalue weighted by Gasteiger charge is -2.36. The molecule has 4 nitrogen and oxygen atoms in total. The number of nitrogens with one attached hydrogen (secondary N) is 1. The summed E-state index contributed by atoms with van der Waals surface area (Å²) in [6, 6.07) is 0.0849. The molecule has 0 bridgehead atoms. The molecule has 1 rings (SSSR count). The third-order valence-electron chi connectivity index (χ3n) is 2.37. The fraction of sp³-hybridized carbons (Fsp3) is 0.900. The van der Waals surface area contributed by atoms with E-state index in [1.807, 2.05) is 0 Å². The highest BCUT2D eigenvalue weighted by Gasteiger charge is 2.24.